The quantitative estimate of drug-likeness (QED) is 0.634. The van der Waals surface area contributed by atoms with Gasteiger partial charge in [0.15, 0.2) is 0 Å². The Labute approximate surface area is 162 Å². The van der Waals surface area contributed by atoms with Crippen LogP contribution in [0.4, 0.5) is 10.6 Å². The lowest BCUT2D eigenvalue weighted by Gasteiger charge is -2.25. The number of hydrogen-bond acceptors (Lipinski definition) is 5. The van der Waals surface area contributed by atoms with Crippen molar-refractivity contribution >= 4 is 22.8 Å². The summed E-state index contributed by atoms with van der Waals surface area (Å²) in [5.74, 6) is 0.805. The van der Waals surface area contributed by atoms with Gasteiger partial charge in [-0.05, 0) is 31.4 Å². The Morgan fingerprint density at radius 2 is 2.14 bits per heavy atom. The molecule has 8 nitrogen and oxygen atoms in total. The number of urea groups is 1. The second-order valence-corrected chi connectivity index (χ2v) is 6.76. The first-order chi connectivity index (χ1) is 13.7. The maximum absolute atomic E-state index is 12.6. The van der Waals surface area contributed by atoms with Gasteiger partial charge in [0.2, 0.25) is 5.88 Å². The predicted molar refractivity (Wildman–Crippen MR) is 105 cm³/mol. The molecule has 0 saturated carbocycles. The number of carbonyl (C=O) groups is 1. The Balaban J connectivity index is 1.68. The van der Waals surface area contributed by atoms with E-state index in [1.807, 2.05) is 41.9 Å². The summed E-state index contributed by atoms with van der Waals surface area (Å²) in [4.78, 5) is 17.1. The van der Waals surface area contributed by atoms with Crippen LogP contribution >= 0.6 is 0 Å². The molecule has 3 N–H and O–H groups in total. The Kier molecular flexibility index (Phi) is 5.12. The second kappa shape index (κ2) is 7.85. The third-order valence-corrected chi connectivity index (χ3v) is 4.84. The monoisotopic (exact) mass is 381 g/mol. The Hall–Kier alpha value is -3.13. The zero-order chi connectivity index (χ0) is 19.5. The molecule has 1 aliphatic rings. The molecule has 0 spiro atoms. The summed E-state index contributed by atoms with van der Waals surface area (Å²) in [5, 5.41) is 21.5. The topological polar surface area (TPSA) is 101 Å². The van der Waals surface area contributed by atoms with E-state index < -0.39 is 18.2 Å². The smallest absolute Gasteiger partial charge is 0.320 e. The number of nitrogens with zero attached hydrogens (tertiary/aromatic N) is 3. The number of ether oxygens (including phenoxy) is 1. The standard InChI is InChI=1S/C20H23N5O3/c1-2-25-18-14(12-21-25)11-16-22-19(18)28-10-6-9-15(26)17(24-20(27)23-16)13-7-4-3-5-8-13/h3-5,7-8,11-12,15,17,26H,2,6,9-10H2,1H3,(H2,22,23,24,27). The zero-order valence-electron chi connectivity index (χ0n) is 15.6. The summed E-state index contributed by atoms with van der Waals surface area (Å²) in [7, 11) is 0. The number of benzene rings is 1. The number of amides is 2. The second-order valence-electron chi connectivity index (χ2n) is 6.76. The first kappa shape index (κ1) is 18.2. The van der Waals surface area contributed by atoms with Crippen LogP contribution < -0.4 is 15.4 Å². The van der Waals surface area contributed by atoms with Crippen LogP contribution in [0.2, 0.25) is 0 Å². The molecule has 2 unspecified atom stereocenters. The van der Waals surface area contributed by atoms with Gasteiger partial charge in [-0.1, -0.05) is 30.3 Å². The number of aliphatic hydroxyl groups is 1. The van der Waals surface area contributed by atoms with Gasteiger partial charge in [-0.15, -0.1) is 0 Å². The van der Waals surface area contributed by atoms with E-state index in [-0.39, 0.29) is 0 Å². The number of pyridine rings is 1. The minimum Gasteiger partial charge on any atom is -0.476 e. The van der Waals surface area contributed by atoms with Crippen LogP contribution in [-0.2, 0) is 6.54 Å². The van der Waals surface area contributed by atoms with E-state index in [0.29, 0.717) is 37.7 Å². The van der Waals surface area contributed by atoms with Crippen LogP contribution in [0, 0.1) is 0 Å². The molecule has 3 aromatic rings. The van der Waals surface area contributed by atoms with Crippen LogP contribution in [0.15, 0.2) is 42.6 Å². The first-order valence-electron chi connectivity index (χ1n) is 9.45. The molecule has 3 heterocycles. The summed E-state index contributed by atoms with van der Waals surface area (Å²) in [6.07, 6.45) is 2.11. The summed E-state index contributed by atoms with van der Waals surface area (Å²) in [6.45, 7) is 3.09. The lowest BCUT2D eigenvalue weighted by atomic mass is 9.98. The third-order valence-electron chi connectivity index (χ3n) is 4.84. The molecule has 8 heteroatoms. The van der Waals surface area contributed by atoms with Gasteiger partial charge >= 0.3 is 6.03 Å². The average molecular weight is 381 g/mol. The van der Waals surface area contributed by atoms with Crippen molar-refractivity contribution in [3.63, 3.8) is 0 Å². The van der Waals surface area contributed by atoms with Crippen molar-refractivity contribution in [2.24, 2.45) is 0 Å². The van der Waals surface area contributed by atoms with Crippen LogP contribution in [0.5, 0.6) is 5.88 Å². The number of aliphatic hydroxyl groups excluding tert-OH is 1. The minimum absolute atomic E-state index is 0.373. The van der Waals surface area contributed by atoms with E-state index >= 15 is 0 Å². The highest BCUT2D eigenvalue weighted by Crippen LogP contribution is 2.28. The number of rotatable bonds is 2. The minimum atomic E-state index is -0.733. The predicted octanol–water partition coefficient (Wildman–Crippen LogP) is 2.85. The van der Waals surface area contributed by atoms with Crippen molar-refractivity contribution in [1.29, 1.82) is 0 Å². The van der Waals surface area contributed by atoms with Gasteiger partial charge in [0.05, 0.1) is 24.9 Å². The van der Waals surface area contributed by atoms with E-state index in [4.69, 9.17) is 4.74 Å². The van der Waals surface area contributed by atoms with Crippen LogP contribution in [0.25, 0.3) is 10.9 Å². The highest BCUT2D eigenvalue weighted by Gasteiger charge is 2.24. The van der Waals surface area contributed by atoms with E-state index in [0.717, 1.165) is 16.5 Å². The maximum atomic E-state index is 12.6. The molecule has 28 heavy (non-hydrogen) atoms. The fraction of sp³-hybridized carbons (Fsp3) is 0.350. The zero-order valence-corrected chi connectivity index (χ0v) is 15.6. The number of carbonyl (C=O) groups excluding carboxylic acids is 1. The average Bonchev–Trinajstić information content (AvgIpc) is 3.12. The van der Waals surface area contributed by atoms with E-state index in [1.165, 1.54) is 0 Å². The van der Waals surface area contributed by atoms with Crippen molar-refractivity contribution in [2.75, 3.05) is 11.9 Å². The van der Waals surface area contributed by atoms with Gasteiger partial charge in [0.25, 0.3) is 0 Å². The molecule has 0 saturated heterocycles. The molecule has 1 aromatic carbocycles. The van der Waals surface area contributed by atoms with Gasteiger partial charge < -0.3 is 15.2 Å². The van der Waals surface area contributed by atoms with E-state index in [2.05, 4.69) is 20.7 Å². The number of anilines is 1. The third kappa shape index (κ3) is 3.63. The maximum Gasteiger partial charge on any atom is 0.320 e. The molecule has 146 valence electrons. The molecule has 0 aliphatic carbocycles. The van der Waals surface area contributed by atoms with Crippen LogP contribution in [0.1, 0.15) is 31.4 Å². The van der Waals surface area contributed by atoms with Crippen molar-refractivity contribution in [2.45, 2.75) is 38.5 Å². The molecule has 2 bridgehead atoms. The summed E-state index contributed by atoms with van der Waals surface area (Å²) in [5.41, 5.74) is 1.64. The van der Waals surface area contributed by atoms with Gasteiger partial charge in [-0.25, -0.2) is 4.79 Å². The number of hydrogen-bond donors (Lipinski definition) is 3. The van der Waals surface area contributed by atoms with Crippen molar-refractivity contribution in [3.8, 4) is 5.88 Å². The molecule has 2 atom stereocenters. The number of fused-ring (bicyclic) bond motifs is 4. The highest BCUT2D eigenvalue weighted by molar-refractivity contribution is 5.92. The van der Waals surface area contributed by atoms with Gasteiger partial charge in [0.1, 0.15) is 11.3 Å². The largest absolute Gasteiger partial charge is 0.476 e. The summed E-state index contributed by atoms with van der Waals surface area (Å²) >= 11 is 0. The molecule has 2 aromatic heterocycles. The van der Waals surface area contributed by atoms with Crippen molar-refractivity contribution < 1.29 is 14.6 Å². The molecule has 2 amide bonds. The van der Waals surface area contributed by atoms with Gasteiger partial charge in [0, 0.05) is 11.9 Å². The highest BCUT2D eigenvalue weighted by atomic mass is 16.5. The first-order valence-corrected chi connectivity index (χ1v) is 9.45. The number of aryl methyl sites for hydroxylation is 1. The summed E-state index contributed by atoms with van der Waals surface area (Å²) < 4.78 is 7.72. The Morgan fingerprint density at radius 1 is 1.32 bits per heavy atom. The van der Waals surface area contributed by atoms with E-state index in [9.17, 15) is 9.90 Å². The van der Waals surface area contributed by atoms with Crippen LogP contribution in [-0.4, -0.2) is 38.6 Å². The normalized spacial score (nSPS) is 20.4. The Morgan fingerprint density at radius 3 is 2.93 bits per heavy atom. The SMILES string of the molecule is CCn1ncc2cc3nc(c21)OCCCC(O)C(c1ccccc1)NC(=O)N3. The Bertz CT molecular complexity index is 973. The van der Waals surface area contributed by atoms with Crippen molar-refractivity contribution in [1.82, 2.24) is 20.1 Å². The molecular weight excluding hydrogens is 358 g/mol. The van der Waals surface area contributed by atoms with Gasteiger partial charge in [-0.2, -0.15) is 10.1 Å². The fourth-order valence-electron chi connectivity index (χ4n) is 3.47. The van der Waals surface area contributed by atoms with E-state index in [1.54, 1.807) is 12.3 Å². The number of aromatic nitrogens is 3. The summed E-state index contributed by atoms with van der Waals surface area (Å²) in [6, 6.07) is 10.2. The van der Waals surface area contributed by atoms with Gasteiger partial charge in [-0.3, -0.25) is 10.00 Å². The molecule has 0 radical (unpaired) electrons. The molecule has 0 fully saturated rings. The number of nitrogens with one attached hydrogen (secondary N) is 2. The lowest BCUT2D eigenvalue weighted by molar-refractivity contribution is 0.113. The molecule has 1 aliphatic heterocycles. The van der Waals surface area contributed by atoms with Crippen molar-refractivity contribution in [3.05, 3.63) is 48.2 Å². The molecular formula is C20H23N5O3. The fourth-order valence-corrected chi connectivity index (χ4v) is 3.47. The lowest BCUT2D eigenvalue weighted by Crippen LogP contribution is -2.39. The molecule has 4 rings (SSSR count). The van der Waals surface area contributed by atoms with Crippen LogP contribution in [0.3, 0.4) is 0 Å².